The van der Waals surface area contributed by atoms with Gasteiger partial charge in [-0.05, 0) is 90.7 Å². The number of nitrogens with zero attached hydrogens (tertiary/aromatic N) is 3. The molecule has 0 saturated carbocycles. The molecule has 0 radical (unpaired) electrons. The summed E-state index contributed by atoms with van der Waals surface area (Å²) < 4.78 is 10.4. The van der Waals surface area contributed by atoms with Crippen molar-refractivity contribution in [1.82, 2.24) is 15.0 Å². The van der Waals surface area contributed by atoms with Crippen molar-refractivity contribution < 1.29 is 73.4 Å². The number of benzene rings is 5. The van der Waals surface area contributed by atoms with Gasteiger partial charge in [0, 0.05) is 77.8 Å². The van der Waals surface area contributed by atoms with Crippen molar-refractivity contribution in [3.05, 3.63) is 195 Å². The van der Waals surface area contributed by atoms with Crippen molar-refractivity contribution in [3.63, 3.8) is 0 Å². The third kappa shape index (κ3) is 16.5. The Labute approximate surface area is 404 Å². The molecule has 0 spiro atoms. The van der Waals surface area contributed by atoms with Crippen LogP contribution in [0, 0.1) is 14.9 Å². The van der Waals surface area contributed by atoms with Crippen LogP contribution in [0.5, 0.6) is 0 Å². The van der Waals surface area contributed by atoms with Gasteiger partial charge < -0.3 is 40.3 Å². The van der Waals surface area contributed by atoms with Crippen molar-refractivity contribution in [2.45, 2.75) is 39.3 Å². The molecular formula is C50H50LiN6O7Pd-. The van der Waals surface area contributed by atoms with E-state index in [1.807, 2.05) is 97.1 Å². The van der Waals surface area contributed by atoms with Gasteiger partial charge in [0.25, 0.3) is 0 Å². The van der Waals surface area contributed by atoms with Crippen LogP contribution in [-0.2, 0) is 43.1 Å². The number of pyridine rings is 3. The third-order valence-corrected chi connectivity index (χ3v) is 9.16. The van der Waals surface area contributed by atoms with Crippen molar-refractivity contribution in [1.29, 1.82) is 0 Å². The van der Waals surface area contributed by atoms with Gasteiger partial charge in [0.05, 0.1) is 28.8 Å². The van der Waals surface area contributed by atoms with Gasteiger partial charge >= 0.3 is 31.0 Å². The Morgan fingerprint density at radius 1 is 0.600 bits per heavy atom. The first-order valence-corrected chi connectivity index (χ1v) is 19.2. The van der Waals surface area contributed by atoms with Crippen molar-refractivity contribution in [2.75, 3.05) is 16.4 Å². The maximum Gasteiger partial charge on any atom is 1.00 e. The molecular weight excluding hydrogens is 910 g/mol. The molecule has 0 fully saturated rings. The molecule has 3 aromatic heterocycles. The van der Waals surface area contributed by atoms with Gasteiger partial charge in [-0.3, -0.25) is 30.4 Å². The fourth-order valence-electron chi connectivity index (χ4n) is 5.86. The van der Waals surface area contributed by atoms with E-state index in [1.165, 1.54) is 6.20 Å². The molecule has 15 heteroatoms. The van der Waals surface area contributed by atoms with Crippen LogP contribution in [0.2, 0.25) is 0 Å². The van der Waals surface area contributed by atoms with Gasteiger partial charge in [-0.1, -0.05) is 78.9 Å². The standard InChI is InChI=1S/C19H18N2O3.C18H14N2O3.C11H12N2O.2CH3.Li.Pd/c1-13(22)16-9-15-7-8-17(10-18(15)20-11-16)21-19(23)24-12-14-5-3-2-4-6-14;21-11-14-8-15-6-7-16(9-17(15)19-10-14)20-18(22)23-12-13-4-2-1-3-5-13;1-7(14)9-4-8-2-3-10(12)5-11(8)13-6-9;;;;/h2-11,13,22H,12H2,1H3,(H,21,23);1-11H,12H2,(H,20,22);2-7,14H,12H2,1H3;2*1H3;;/q;;;2*-1;+1;. The number of aromatic nitrogens is 3. The van der Waals surface area contributed by atoms with Crippen LogP contribution in [-0.4, -0.2) is 43.6 Å². The molecule has 5 aromatic carbocycles. The molecule has 8 rings (SSSR count). The van der Waals surface area contributed by atoms with E-state index in [0.717, 1.165) is 55.7 Å². The van der Waals surface area contributed by atoms with E-state index in [4.69, 9.17) is 15.2 Å². The average molecular weight is 960 g/mol. The summed E-state index contributed by atoms with van der Waals surface area (Å²) in [5.74, 6) is 0. The molecule has 0 aliphatic rings. The largest absolute Gasteiger partial charge is 1.00 e. The molecule has 2 unspecified atom stereocenters. The van der Waals surface area contributed by atoms with Crippen LogP contribution >= 0.6 is 0 Å². The van der Waals surface area contributed by atoms with Crippen molar-refractivity contribution in [2.24, 2.45) is 0 Å². The number of nitrogens with two attached hydrogens (primary N) is 1. The number of fused-ring (bicyclic) bond motifs is 3. The first kappa shape index (κ1) is 54.7. The molecule has 3 heterocycles. The minimum absolute atomic E-state index is 0. The number of amides is 2. The Bertz CT molecular complexity index is 2760. The molecule has 6 N–H and O–H groups in total. The molecule has 2 atom stereocenters. The van der Waals surface area contributed by atoms with Gasteiger partial charge in [-0.2, -0.15) is 0 Å². The fourth-order valence-corrected chi connectivity index (χ4v) is 5.86. The number of nitrogen functional groups attached to an aromatic ring is 1. The maximum atomic E-state index is 11.9. The average Bonchev–Trinajstić information content (AvgIpc) is 3.28. The Hall–Kier alpha value is -6.48. The first-order valence-electron chi connectivity index (χ1n) is 19.2. The second-order valence-corrected chi connectivity index (χ2v) is 13.9. The number of nitrogens with one attached hydrogen (secondary N) is 2. The first-order chi connectivity index (χ1) is 29.5. The summed E-state index contributed by atoms with van der Waals surface area (Å²) in [5, 5.41) is 27.1. The quantitative estimate of drug-likeness (QED) is 0.0413. The number of aliphatic hydroxyl groups excluding tert-OH is 2. The molecule has 0 aliphatic carbocycles. The molecule has 65 heavy (non-hydrogen) atoms. The van der Waals surface area contributed by atoms with E-state index in [0.29, 0.717) is 28.1 Å². The second kappa shape index (κ2) is 27.0. The zero-order chi connectivity index (χ0) is 43.1. The van der Waals surface area contributed by atoms with Crippen LogP contribution in [0.1, 0.15) is 58.7 Å². The zero-order valence-electron chi connectivity index (χ0n) is 36.8. The van der Waals surface area contributed by atoms with E-state index < -0.39 is 24.4 Å². The van der Waals surface area contributed by atoms with Crippen LogP contribution < -0.4 is 35.2 Å². The number of aldehydes is 1. The van der Waals surface area contributed by atoms with Crippen LogP contribution in [0.15, 0.2) is 152 Å². The number of hydrogen-bond donors (Lipinski definition) is 5. The number of carbonyl (C=O) groups excluding carboxylic acids is 3. The molecule has 0 saturated heterocycles. The predicted molar refractivity (Wildman–Crippen MR) is 250 cm³/mol. The fraction of sp³-hybridized carbons (Fsp3) is 0.120. The Morgan fingerprint density at radius 3 is 1.43 bits per heavy atom. The molecule has 334 valence electrons. The van der Waals surface area contributed by atoms with Crippen LogP contribution in [0.25, 0.3) is 32.7 Å². The zero-order valence-corrected chi connectivity index (χ0v) is 38.3. The molecule has 0 bridgehead atoms. The van der Waals surface area contributed by atoms with Gasteiger partial charge in [0.2, 0.25) is 0 Å². The summed E-state index contributed by atoms with van der Waals surface area (Å²) >= 11 is 0. The number of carbonyl (C=O) groups is 3. The monoisotopic (exact) mass is 959 g/mol. The molecule has 2 amide bonds. The minimum atomic E-state index is -0.562. The Kier molecular flexibility index (Phi) is 22.7. The smallest absolute Gasteiger partial charge is 0.444 e. The van der Waals surface area contributed by atoms with Gasteiger partial charge in [-0.15, -0.1) is 0 Å². The summed E-state index contributed by atoms with van der Waals surface area (Å²) in [5.41, 5.74) is 13.8. The number of ether oxygens (including phenoxy) is 2. The summed E-state index contributed by atoms with van der Waals surface area (Å²) in [6.07, 6.45) is 3.46. The summed E-state index contributed by atoms with van der Waals surface area (Å²) in [7, 11) is 0. The Balaban J connectivity index is 0.000000335. The maximum absolute atomic E-state index is 11.9. The third-order valence-electron chi connectivity index (χ3n) is 9.16. The number of hydrogen-bond acceptors (Lipinski definition) is 11. The Morgan fingerprint density at radius 2 is 1.00 bits per heavy atom. The van der Waals surface area contributed by atoms with Crippen molar-refractivity contribution >= 4 is 68.2 Å². The normalized spacial score (nSPS) is 10.8. The van der Waals surface area contributed by atoms with Crippen LogP contribution in [0.3, 0.4) is 0 Å². The number of rotatable bonds is 9. The number of anilines is 3. The second-order valence-electron chi connectivity index (χ2n) is 13.9. The predicted octanol–water partition coefficient (Wildman–Crippen LogP) is 7.61. The summed E-state index contributed by atoms with van der Waals surface area (Å²) in [6.45, 7) is 3.85. The summed E-state index contributed by atoms with van der Waals surface area (Å²) in [6, 6.07) is 40.7. The SMILES string of the molecule is CC(O)c1cnc2cc(N)ccc2c1.CC(O)c1cnc2cc(NC(=O)OCc3ccccc3)ccc2c1.O=Cc1cnc2cc(NC(=O)OCc3ccccc3)ccc2c1.[CH3-].[CH3-].[Li+].[Pd]. The van der Waals surface area contributed by atoms with Gasteiger partial charge in [0.1, 0.15) is 13.2 Å². The topological polar surface area (TPSA) is 199 Å². The summed E-state index contributed by atoms with van der Waals surface area (Å²) in [4.78, 5) is 47.2. The minimum Gasteiger partial charge on any atom is -0.444 e. The van der Waals surface area contributed by atoms with Gasteiger partial charge in [0.15, 0.2) is 6.29 Å². The van der Waals surface area contributed by atoms with E-state index in [2.05, 4.69) is 25.6 Å². The van der Waals surface area contributed by atoms with E-state index >= 15 is 0 Å². The molecule has 13 nitrogen and oxygen atoms in total. The van der Waals surface area contributed by atoms with E-state index in [-0.39, 0.29) is 67.4 Å². The number of aliphatic hydroxyl groups is 2. The molecule has 0 aliphatic heterocycles. The van der Waals surface area contributed by atoms with E-state index in [1.54, 1.807) is 62.6 Å². The van der Waals surface area contributed by atoms with Gasteiger partial charge in [-0.25, -0.2) is 9.59 Å². The van der Waals surface area contributed by atoms with E-state index in [9.17, 15) is 24.6 Å². The molecule has 8 aromatic rings. The van der Waals surface area contributed by atoms with Crippen LogP contribution in [0.4, 0.5) is 26.7 Å². The van der Waals surface area contributed by atoms with Crippen molar-refractivity contribution in [3.8, 4) is 0 Å².